The summed E-state index contributed by atoms with van der Waals surface area (Å²) in [6, 6.07) is 22.5. The molecule has 0 aromatic heterocycles. The van der Waals surface area contributed by atoms with Gasteiger partial charge in [0.2, 0.25) is 0 Å². The molecule has 0 radical (unpaired) electrons. The molecule has 0 saturated carbocycles. The number of hydrogen-bond acceptors (Lipinski definition) is 8. The molecule has 0 aliphatic rings. The number of benzene rings is 3. The van der Waals surface area contributed by atoms with Crippen LogP contribution < -0.4 is 9.47 Å². The van der Waals surface area contributed by atoms with E-state index >= 15 is 0 Å². The number of hydrogen-bond donors (Lipinski definition) is 0. The van der Waals surface area contributed by atoms with Gasteiger partial charge in [0.25, 0.3) is 0 Å². The van der Waals surface area contributed by atoms with Crippen LogP contribution in [0, 0.1) is 22.7 Å². The third kappa shape index (κ3) is 7.81. The Morgan fingerprint density at radius 2 is 1.08 bits per heavy atom. The molecule has 0 atom stereocenters. The van der Waals surface area contributed by atoms with Gasteiger partial charge >= 0.3 is 0 Å². The lowest BCUT2D eigenvalue weighted by molar-refractivity contribution is 0.328. The number of nitriles is 2. The van der Waals surface area contributed by atoms with Gasteiger partial charge < -0.3 is 9.47 Å². The fraction of sp³-hybridized carbons (Fsp3) is 0.167. The summed E-state index contributed by atoms with van der Waals surface area (Å²) in [5.74, 6) is 1.31. The van der Waals surface area contributed by atoms with Crippen LogP contribution in [0.3, 0.4) is 0 Å². The standard InChI is InChI=1S/C24H18N8O2S2/c25-15-17-13-23(35-21-5-1-19(2-6-21)33-11-9-29-31-27)24(14-18(17)16-26)36-22-7-3-20(4-8-22)34-12-10-30-32-28/h1-8,13-14H,9-12H2. The van der Waals surface area contributed by atoms with Crippen molar-refractivity contribution < 1.29 is 9.47 Å². The summed E-state index contributed by atoms with van der Waals surface area (Å²) >= 11 is 2.95. The Hall–Kier alpha value is -4.44. The van der Waals surface area contributed by atoms with Crippen LogP contribution in [0.1, 0.15) is 11.1 Å². The molecule has 0 aliphatic heterocycles. The maximum absolute atomic E-state index is 9.51. The van der Waals surface area contributed by atoms with Crippen LogP contribution in [0.5, 0.6) is 11.5 Å². The fourth-order valence-corrected chi connectivity index (χ4v) is 4.84. The maximum atomic E-state index is 9.51. The van der Waals surface area contributed by atoms with Crippen molar-refractivity contribution in [3.05, 3.63) is 92.7 Å². The zero-order chi connectivity index (χ0) is 25.6. The number of nitrogens with zero attached hydrogens (tertiary/aromatic N) is 8. The summed E-state index contributed by atoms with van der Waals surface area (Å²) in [6.45, 7) is 1.07. The maximum Gasteiger partial charge on any atom is 0.119 e. The van der Waals surface area contributed by atoms with E-state index in [0.29, 0.717) is 22.6 Å². The van der Waals surface area contributed by atoms with Gasteiger partial charge in [-0.2, -0.15) is 10.5 Å². The zero-order valence-electron chi connectivity index (χ0n) is 18.8. The molecule has 0 unspecified atom stereocenters. The first-order chi connectivity index (χ1) is 17.7. The Morgan fingerprint density at radius 1 is 0.694 bits per heavy atom. The summed E-state index contributed by atoms with van der Waals surface area (Å²) in [4.78, 5) is 8.91. The highest BCUT2D eigenvalue weighted by atomic mass is 32.2. The molecule has 12 heteroatoms. The average Bonchev–Trinajstić information content (AvgIpc) is 2.91. The van der Waals surface area contributed by atoms with E-state index in [0.717, 1.165) is 19.6 Å². The second-order valence-corrected chi connectivity index (χ2v) is 9.05. The Kier molecular flexibility index (Phi) is 10.2. The Labute approximate surface area is 215 Å². The van der Waals surface area contributed by atoms with Crippen molar-refractivity contribution >= 4 is 23.5 Å². The van der Waals surface area contributed by atoms with E-state index in [1.165, 1.54) is 23.5 Å². The quantitative estimate of drug-likeness (QED) is 0.108. The third-order valence-electron chi connectivity index (χ3n) is 4.47. The van der Waals surface area contributed by atoms with E-state index in [4.69, 9.17) is 20.5 Å². The summed E-state index contributed by atoms with van der Waals surface area (Å²) in [5.41, 5.74) is 17.3. The number of rotatable bonds is 12. The van der Waals surface area contributed by atoms with Crippen molar-refractivity contribution in [1.82, 2.24) is 0 Å². The summed E-state index contributed by atoms with van der Waals surface area (Å²) in [6.07, 6.45) is 0. The monoisotopic (exact) mass is 514 g/mol. The first kappa shape index (κ1) is 26.2. The third-order valence-corrected chi connectivity index (χ3v) is 6.73. The molecule has 3 aromatic rings. The summed E-state index contributed by atoms with van der Waals surface area (Å²) in [7, 11) is 0. The molecule has 10 nitrogen and oxygen atoms in total. The molecule has 0 bridgehead atoms. The van der Waals surface area contributed by atoms with Gasteiger partial charge in [-0.15, -0.1) is 0 Å². The highest BCUT2D eigenvalue weighted by Crippen LogP contribution is 2.41. The first-order valence-corrected chi connectivity index (χ1v) is 12.1. The van der Waals surface area contributed by atoms with Crippen LogP contribution in [-0.4, -0.2) is 26.3 Å². The molecule has 3 rings (SSSR count). The van der Waals surface area contributed by atoms with Gasteiger partial charge in [-0.25, -0.2) is 0 Å². The molecule has 0 heterocycles. The molecule has 0 N–H and O–H groups in total. The Bertz CT molecular complexity index is 1260. The SMILES string of the molecule is N#Cc1cc(Sc2ccc(OCCN=[N+]=[N-])cc2)c(Sc2ccc(OCCN=[N+]=[N-])cc2)cc1C#N. The van der Waals surface area contributed by atoms with Gasteiger partial charge in [-0.1, -0.05) is 33.8 Å². The Balaban J connectivity index is 1.77. The molecular formula is C24H18N8O2S2. The van der Waals surface area contributed by atoms with E-state index in [1.54, 1.807) is 12.1 Å². The lowest BCUT2D eigenvalue weighted by atomic mass is 10.1. The van der Waals surface area contributed by atoms with Crippen molar-refractivity contribution in [3.63, 3.8) is 0 Å². The lowest BCUT2D eigenvalue weighted by Crippen LogP contribution is -1.99. The van der Waals surface area contributed by atoms with Gasteiger partial charge in [-0.3, -0.25) is 0 Å². The number of ether oxygens (including phenoxy) is 2. The van der Waals surface area contributed by atoms with Crippen LogP contribution in [0.15, 0.2) is 90.5 Å². The van der Waals surface area contributed by atoms with Gasteiger partial charge in [0.05, 0.1) is 37.4 Å². The zero-order valence-corrected chi connectivity index (χ0v) is 20.4. The molecule has 0 amide bonds. The second-order valence-electron chi connectivity index (χ2n) is 6.82. The minimum absolute atomic E-state index is 0.249. The second kappa shape index (κ2) is 14.1. The first-order valence-electron chi connectivity index (χ1n) is 10.5. The molecule has 0 aliphatic carbocycles. The van der Waals surface area contributed by atoms with Crippen molar-refractivity contribution in [2.75, 3.05) is 26.3 Å². The van der Waals surface area contributed by atoms with Crippen molar-refractivity contribution in [2.24, 2.45) is 10.2 Å². The predicted octanol–water partition coefficient (Wildman–Crippen LogP) is 7.11. The van der Waals surface area contributed by atoms with Crippen LogP contribution in [0.2, 0.25) is 0 Å². The van der Waals surface area contributed by atoms with Crippen LogP contribution in [-0.2, 0) is 0 Å². The van der Waals surface area contributed by atoms with Gasteiger partial charge in [0, 0.05) is 29.4 Å². The number of azide groups is 2. The molecule has 178 valence electrons. The van der Waals surface area contributed by atoms with Gasteiger partial charge in [0.15, 0.2) is 0 Å². The smallest absolute Gasteiger partial charge is 0.119 e. The van der Waals surface area contributed by atoms with Crippen LogP contribution >= 0.6 is 23.5 Å². The molecular weight excluding hydrogens is 496 g/mol. The molecule has 0 spiro atoms. The van der Waals surface area contributed by atoms with Crippen LogP contribution in [0.4, 0.5) is 0 Å². The molecule has 3 aromatic carbocycles. The average molecular weight is 515 g/mol. The predicted molar refractivity (Wildman–Crippen MR) is 136 cm³/mol. The van der Waals surface area contributed by atoms with E-state index in [9.17, 15) is 10.5 Å². The van der Waals surface area contributed by atoms with Gasteiger partial charge in [-0.05, 0) is 71.7 Å². The van der Waals surface area contributed by atoms with E-state index in [2.05, 4.69) is 32.2 Å². The highest BCUT2D eigenvalue weighted by molar-refractivity contribution is 8.02. The lowest BCUT2D eigenvalue weighted by Gasteiger charge is -2.12. The minimum atomic E-state index is 0.249. The minimum Gasteiger partial charge on any atom is -0.493 e. The molecule has 0 fully saturated rings. The van der Waals surface area contributed by atoms with E-state index in [-0.39, 0.29) is 26.3 Å². The van der Waals surface area contributed by atoms with E-state index < -0.39 is 0 Å². The van der Waals surface area contributed by atoms with Crippen molar-refractivity contribution in [2.45, 2.75) is 19.6 Å². The molecule has 36 heavy (non-hydrogen) atoms. The summed E-state index contributed by atoms with van der Waals surface area (Å²) in [5, 5.41) is 25.9. The van der Waals surface area contributed by atoms with Crippen LogP contribution in [0.25, 0.3) is 20.9 Å². The van der Waals surface area contributed by atoms with Gasteiger partial charge in [0.1, 0.15) is 23.6 Å². The fourth-order valence-electron chi connectivity index (χ4n) is 2.86. The van der Waals surface area contributed by atoms with Crippen molar-refractivity contribution in [3.8, 4) is 23.6 Å². The molecule has 0 saturated heterocycles. The highest BCUT2D eigenvalue weighted by Gasteiger charge is 2.13. The summed E-state index contributed by atoms with van der Waals surface area (Å²) < 4.78 is 11.1. The largest absolute Gasteiger partial charge is 0.493 e. The van der Waals surface area contributed by atoms with Crippen molar-refractivity contribution in [1.29, 1.82) is 10.5 Å². The topological polar surface area (TPSA) is 164 Å². The Morgan fingerprint density at radius 3 is 1.42 bits per heavy atom. The van der Waals surface area contributed by atoms with E-state index in [1.807, 2.05) is 48.5 Å². The normalized spacial score (nSPS) is 9.72.